The fourth-order valence-electron chi connectivity index (χ4n) is 0.533. The summed E-state index contributed by atoms with van der Waals surface area (Å²) in [6, 6.07) is 7.75. The highest BCUT2D eigenvalue weighted by Crippen LogP contribution is 2.07. The van der Waals surface area contributed by atoms with Crippen LogP contribution in [0.5, 0.6) is 0 Å². The molecule has 0 saturated heterocycles. The molecule has 0 aromatic heterocycles. The number of hydrogen-bond donors (Lipinski definition) is 0. The van der Waals surface area contributed by atoms with Crippen molar-refractivity contribution in [2.45, 2.75) is 13.8 Å². The first-order chi connectivity index (χ1) is 5.20. The van der Waals surface area contributed by atoms with E-state index in [0.717, 1.165) is 11.3 Å². The molecular formula is C9H11ClO. The average Bonchev–Trinajstić information content (AvgIpc) is 1.97. The fourth-order valence-corrected chi connectivity index (χ4v) is 0.659. The van der Waals surface area contributed by atoms with E-state index in [1.54, 1.807) is 0 Å². The summed E-state index contributed by atoms with van der Waals surface area (Å²) in [6.07, 6.45) is 0.750. The Hall–Kier alpha value is -0.820. The molecule has 60 valence electrons. The minimum Gasteiger partial charge on any atom is -0.304 e. The predicted molar refractivity (Wildman–Crippen MR) is 47.9 cm³/mol. The Kier molecular flexibility index (Phi) is 5.49. The van der Waals surface area contributed by atoms with Crippen molar-refractivity contribution in [3.8, 4) is 0 Å². The zero-order chi connectivity index (χ0) is 8.69. The van der Waals surface area contributed by atoms with Crippen molar-refractivity contribution >= 4 is 17.9 Å². The second-order valence-electron chi connectivity index (χ2n) is 2.03. The van der Waals surface area contributed by atoms with Gasteiger partial charge in [-0.3, -0.25) is 0 Å². The van der Waals surface area contributed by atoms with Gasteiger partial charge in [0, 0.05) is 5.02 Å². The maximum Gasteiger partial charge on any atom is 0.116 e. The van der Waals surface area contributed by atoms with Crippen LogP contribution in [0.1, 0.15) is 12.5 Å². The number of benzene rings is 1. The van der Waals surface area contributed by atoms with Crippen LogP contribution < -0.4 is 0 Å². The van der Waals surface area contributed by atoms with Gasteiger partial charge in [0.25, 0.3) is 0 Å². The van der Waals surface area contributed by atoms with Gasteiger partial charge < -0.3 is 4.79 Å². The Bertz CT molecular complexity index is 182. The van der Waals surface area contributed by atoms with Crippen LogP contribution >= 0.6 is 11.6 Å². The van der Waals surface area contributed by atoms with Gasteiger partial charge in [-0.25, -0.2) is 0 Å². The number of hydrogen-bond acceptors (Lipinski definition) is 1. The molecule has 0 spiro atoms. The van der Waals surface area contributed by atoms with E-state index in [2.05, 4.69) is 0 Å². The topological polar surface area (TPSA) is 17.1 Å². The number of aldehydes is 1. The molecule has 2 heteroatoms. The zero-order valence-corrected chi connectivity index (χ0v) is 7.43. The third-order valence-electron chi connectivity index (χ3n) is 1.01. The van der Waals surface area contributed by atoms with Crippen LogP contribution in [0, 0.1) is 6.92 Å². The molecule has 0 aliphatic heterocycles. The van der Waals surface area contributed by atoms with Crippen LogP contribution in [0.15, 0.2) is 24.3 Å². The van der Waals surface area contributed by atoms with Gasteiger partial charge in [0.15, 0.2) is 0 Å². The van der Waals surface area contributed by atoms with Crippen LogP contribution in [0.4, 0.5) is 0 Å². The second-order valence-corrected chi connectivity index (χ2v) is 2.47. The maximum absolute atomic E-state index is 8.81. The molecule has 0 fully saturated rings. The van der Waals surface area contributed by atoms with E-state index >= 15 is 0 Å². The molecule has 0 aliphatic rings. The number of carbonyl (C=O) groups excluding carboxylic acids is 1. The molecule has 11 heavy (non-hydrogen) atoms. The third-order valence-corrected chi connectivity index (χ3v) is 1.26. The van der Waals surface area contributed by atoms with Crippen molar-refractivity contribution in [2.24, 2.45) is 0 Å². The zero-order valence-electron chi connectivity index (χ0n) is 6.67. The van der Waals surface area contributed by atoms with E-state index in [-0.39, 0.29) is 0 Å². The third kappa shape index (κ3) is 5.62. The Morgan fingerprint density at radius 2 is 1.64 bits per heavy atom. The van der Waals surface area contributed by atoms with Crippen molar-refractivity contribution in [2.75, 3.05) is 0 Å². The van der Waals surface area contributed by atoms with Gasteiger partial charge >= 0.3 is 0 Å². The molecule has 0 unspecified atom stereocenters. The lowest BCUT2D eigenvalue weighted by Crippen LogP contribution is -1.66. The van der Waals surface area contributed by atoms with Crippen LogP contribution in [0.3, 0.4) is 0 Å². The van der Waals surface area contributed by atoms with Gasteiger partial charge in [0.05, 0.1) is 0 Å². The average molecular weight is 171 g/mol. The first-order valence-corrected chi connectivity index (χ1v) is 3.70. The molecule has 1 aromatic carbocycles. The summed E-state index contributed by atoms with van der Waals surface area (Å²) in [5.74, 6) is 0. The van der Waals surface area contributed by atoms with Gasteiger partial charge in [-0.15, -0.1) is 0 Å². The SMILES string of the molecule is CC=O.Cc1ccc(Cl)cc1. The highest BCUT2D eigenvalue weighted by atomic mass is 35.5. The molecule has 0 aliphatic carbocycles. The lowest BCUT2D eigenvalue weighted by Gasteiger charge is -1.88. The molecule has 0 amide bonds. The molecule has 0 atom stereocenters. The Morgan fingerprint density at radius 3 is 1.91 bits per heavy atom. The fraction of sp³-hybridized carbons (Fsp3) is 0.222. The van der Waals surface area contributed by atoms with Crippen molar-refractivity contribution in [1.82, 2.24) is 0 Å². The molecule has 0 N–H and O–H groups in total. The van der Waals surface area contributed by atoms with Crippen LogP contribution in [0.2, 0.25) is 5.02 Å². The first-order valence-electron chi connectivity index (χ1n) is 3.32. The summed E-state index contributed by atoms with van der Waals surface area (Å²) < 4.78 is 0. The minimum atomic E-state index is 0.750. The summed E-state index contributed by atoms with van der Waals surface area (Å²) in [6.45, 7) is 3.48. The van der Waals surface area contributed by atoms with Crippen LogP contribution in [-0.2, 0) is 4.79 Å². The smallest absolute Gasteiger partial charge is 0.116 e. The summed E-state index contributed by atoms with van der Waals surface area (Å²) in [5.41, 5.74) is 1.24. The van der Waals surface area contributed by atoms with Gasteiger partial charge in [0.2, 0.25) is 0 Å². The van der Waals surface area contributed by atoms with Gasteiger partial charge in [0.1, 0.15) is 6.29 Å². The summed E-state index contributed by atoms with van der Waals surface area (Å²) in [5, 5.41) is 0.801. The van der Waals surface area contributed by atoms with E-state index < -0.39 is 0 Å². The highest BCUT2D eigenvalue weighted by Gasteiger charge is 1.81. The number of aryl methyl sites for hydroxylation is 1. The van der Waals surface area contributed by atoms with Crippen molar-refractivity contribution < 1.29 is 4.79 Å². The van der Waals surface area contributed by atoms with E-state index in [9.17, 15) is 0 Å². The monoisotopic (exact) mass is 170 g/mol. The molecule has 1 rings (SSSR count). The highest BCUT2D eigenvalue weighted by molar-refractivity contribution is 6.30. The Morgan fingerprint density at radius 1 is 1.27 bits per heavy atom. The quantitative estimate of drug-likeness (QED) is 0.548. The number of carbonyl (C=O) groups is 1. The van der Waals surface area contributed by atoms with Crippen LogP contribution in [0.25, 0.3) is 0 Å². The number of rotatable bonds is 0. The predicted octanol–water partition coefficient (Wildman–Crippen LogP) is 2.85. The standard InChI is InChI=1S/C7H7Cl.C2H4O/c1-6-2-4-7(8)5-3-6;1-2-3/h2-5H,1H3;2H,1H3. The lowest BCUT2D eigenvalue weighted by atomic mass is 10.2. The molecule has 0 radical (unpaired) electrons. The van der Waals surface area contributed by atoms with Gasteiger partial charge in [-0.05, 0) is 26.0 Å². The number of halogens is 1. The molecular weight excluding hydrogens is 160 g/mol. The Labute approximate surface area is 72.0 Å². The van der Waals surface area contributed by atoms with Gasteiger partial charge in [-0.2, -0.15) is 0 Å². The van der Waals surface area contributed by atoms with Crippen LogP contribution in [-0.4, -0.2) is 6.29 Å². The normalized spacial score (nSPS) is 7.91. The Balaban J connectivity index is 0.000000292. The summed E-state index contributed by atoms with van der Waals surface area (Å²) >= 11 is 5.61. The molecule has 0 saturated carbocycles. The summed E-state index contributed by atoms with van der Waals surface area (Å²) in [4.78, 5) is 8.81. The van der Waals surface area contributed by atoms with Crippen molar-refractivity contribution in [3.05, 3.63) is 34.9 Å². The molecule has 1 aromatic rings. The molecule has 0 bridgehead atoms. The molecule has 0 heterocycles. The van der Waals surface area contributed by atoms with Crippen molar-refractivity contribution in [3.63, 3.8) is 0 Å². The maximum atomic E-state index is 8.81. The lowest BCUT2D eigenvalue weighted by molar-refractivity contribution is -0.106. The van der Waals surface area contributed by atoms with E-state index in [1.165, 1.54) is 12.5 Å². The van der Waals surface area contributed by atoms with E-state index in [1.807, 2.05) is 31.2 Å². The molecule has 1 nitrogen and oxygen atoms in total. The van der Waals surface area contributed by atoms with E-state index in [0.29, 0.717) is 0 Å². The second kappa shape index (κ2) is 5.93. The van der Waals surface area contributed by atoms with E-state index in [4.69, 9.17) is 16.4 Å². The largest absolute Gasteiger partial charge is 0.304 e. The minimum absolute atomic E-state index is 0.750. The van der Waals surface area contributed by atoms with Gasteiger partial charge in [-0.1, -0.05) is 29.3 Å². The summed E-state index contributed by atoms with van der Waals surface area (Å²) in [7, 11) is 0. The van der Waals surface area contributed by atoms with Crippen molar-refractivity contribution in [1.29, 1.82) is 0 Å². The first kappa shape index (κ1) is 10.2.